The van der Waals surface area contributed by atoms with E-state index in [1.165, 1.54) is 11.1 Å². The van der Waals surface area contributed by atoms with Gasteiger partial charge in [0, 0.05) is 6.20 Å². The van der Waals surface area contributed by atoms with E-state index in [1.54, 1.807) is 6.33 Å². The van der Waals surface area contributed by atoms with Crippen molar-refractivity contribution < 1.29 is 10.2 Å². The molecule has 0 bridgehead atoms. The molecule has 0 spiro atoms. The fourth-order valence-corrected chi connectivity index (χ4v) is 3.00. The lowest BCUT2D eigenvalue weighted by Gasteiger charge is -2.22. The predicted octanol–water partition coefficient (Wildman–Crippen LogP) is 3.04. The molecular weight excluding hydrogens is 326 g/mol. The van der Waals surface area contributed by atoms with Crippen LogP contribution in [0.2, 0.25) is 0 Å². The molecule has 0 saturated heterocycles. The van der Waals surface area contributed by atoms with Crippen molar-refractivity contribution in [2.45, 2.75) is 13.0 Å². The summed E-state index contributed by atoms with van der Waals surface area (Å²) in [5, 5.41) is 0. The van der Waals surface area contributed by atoms with E-state index in [-0.39, 0.29) is 5.48 Å². The van der Waals surface area contributed by atoms with Crippen LogP contribution in [0.1, 0.15) is 22.5 Å². The first kappa shape index (κ1) is 17.8. The zero-order valence-electron chi connectivity index (χ0n) is 14.6. The normalized spacial score (nSPS) is 12.4. The van der Waals surface area contributed by atoms with Gasteiger partial charge in [-0.25, -0.2) is 4.98 Å². The minimum atomic E-state index is 0. The Morgan fingerprint density at radius 1 is 1.00 bits per heavy atom. The molecule has 0 unspecified atom stereocenters. The number of imidazole rings is 1. The standard InChI is InChI=1S/C21H21N3O.H2O/c1-2-4-17(5-3-1)14-18-6-8-19(9-7-18)25-13-12-24-11-10-20-21(15-24)23-16-22-20;/h1-11,16H,12-15H2,(H,22,23);1H2. The first-order valence-corrected chi connectivity index (χ1v) is 8.57. The van der Waals surface area contributed by atoms with Gasteiger partial charge in [0.05, 0.1) is 30.8 Å². The molecule has 0 aliphatic carbocycles. The van der Waals surface area contributed by atoms with Crippen molar-refractivity contribution in [3.8, 4) is 5.75 Å². The van der Waals surface area contributed by atoms with Crippen LogP contribution in [0.3, 0.4) is 0 Å². The Labute approximate surface area is 153 Å². The van der Waals surface area contributed by atoms with Crippen molar-refractivity contribution in [3.63, 3.8) is 0 Å². The van der Waals surface area contributed by atoms with E-state index in [1.807, 2.05) is 12.1 Å². The number of benzene rings is 2. The second-order valence-corrected chi connectivity index (χ2v) is 6.21. The maximum Gasteiger partial charge on any atom is 0.119 e. The average molecular weight is 349 g/mol. The lowest BCUT2D eigenvalue weighted by atomic mass is 10.1. The monoisotopic (exact) mass is 349 g/mol. The van der Waals surface area contributed by atoms with E-state index in [0.717, 1.165) is 36.6 Å². The summed E-state index contributed by atoms with van der Waals surface area (Å²) in [4.78, 5) is 9.66. The summed E-state index contributed by atoms with van der Waals surface area (Å²) >= 11 is 0. The molecule has 0 amide bonds. The molecule has 5 nitrogen and oxygen atoms in total. The summed E-state index contributed by atoms with van der Waals surface area (Å²) in [5.41, 5.74) is 4.81. The topological polar surface area (TPSA) is 72.7 Å². The molecule has 1 aliphatic heterocycles. The Hall–Kier alpha value is -3.05. The fourth-order valence-electron chi connectivity index (χ4n) is 3.00. The summed E-state index contributed by atoms with van der Waals surface area (Å²) in [5.74, 6) is 0.917. The molecule has 0 fully saturated rings. The molecule has 0 atom stereocenters. The van der Waals surface area contributed by atoms with Crippen LogP contribution in [0.5, 0.6) is 5.75 Å². The zero-order valence-corrected chi connectivity index (χ0v) is 14.6. The fraction of sp³-hybridized carbons (Fsp3) is 0.190. The van der Waals surface area contributed by atoms with Crippen LogP contribution < -0.4 is 4.74 Å². The van der Waals surface area contributed by atoms with E-state index in [9.17, 15) is 0 Å². The molecule has 4 rings (SSSR count). The Bertz CT molecular complexity index is 841. The maximum absolute atomic E-state index is 5.88. The largest absolute Gasteiger partial charge is 0.492 e. The quantitative estimate of drug-likeness (QED) is 0.743. The Morgan fingerprint density at radius 3 is 2.58 bits per heavy atom. The van der Waals surface area contributed by atoms with Crippen LogP contribution in [0.25, 0.3) is 6.08 Å². The van der Waals surface area contributed by atoms with E-state index < -0.39 is 0 Å². The molecule has 134 valence electrons. The molecule has 0 radical (unpaired) electrons. The molecule has 5 heteroatoms. The third-order valence-electron chi connectivity index (χ3n) is 4.38. The van der Waals surface area contributed by atoms with Crippen LogP contribution in [0, 0.1) is 0 Å². The van der Waals surface area contributed by atoms with Gasteiger partial charge < -0.3 is 20.1 Å². The number of aromatic nitrogens is 2. The van der Waals surface area contributed by atoms with E-state index in [2.05, 4.69) is 69.6 Å². The van der Waals surface area contributed by atoms with Crippen LogP contribution in [0.4, 0.5) is 0 Å². The summed E-state index contributed by atoms with van der Waals surface area (Å²) < 4.78 is 5.88. The molecule has 0 saturated carbocycles. The number of H-pyrrole nitrogens is 1. The van der Waals surface area contributed by atoms with Gasteiger partial charge in [0.25, 0.3) is 0 Å². The summed E-state index contributed by atoms with van der Waals surface area (Å²) in [6, 6.07) is 18.9. The first-order valence-electron chi connectivity index (χ1n) is 8.57. The zero-order chi connectivity index (χ0) is 16.9. The van der Waals surface area contributed by atoms with Gasteiger partial charge in [-0.3, -0.25) is 0 Å². The number of rotatable bonds is 6. The van der Waals surface area contributed by atoms with Crippen molar-refractivity contribution in [2.24, 2.45) is 0 Å². The minimum absolute atomic E-state index is 0. The number of ether oxygens (including phenoxy) is 1. The first-order chi connectivity index (χ1) is 12.4. The van der Waals surface area contributed by atoms with Gasteiger partial charge in [-0.15, -0.1) is 0 Å². The Kier molecular flexibility index (Phi) is 5.71. The van der Waals surface area contributed by atoms with Crippen LogP contribution >= 0.6 is 0 Å². The highest BCUT2D eigenvalue weighted by Crippen LogP contribution is 2.17. The molecule has 3 aromatic rings. The third-order valence-corrected chi connectivity index (χ3v) is 4.38. The molecule has 1 aliphatic rings. The second-order valence-electron chi connectivity index (χ2n) is 6.21. The second kappa shape index (κ2) is 8.36. The van der Waals surface area contributed by atoms with Gasteiger partial charge in [-0.1, -0.05) is 42.5 Å². The number of fused-ring (bicyclic) bond motifs is 1. The number of nitrogens with one attached hydrogen (secondary N) is 1. The highest BCUT2D eigenvalue weighted by atomic mass is 16.5. The number of aromatic amines is 1. The molecule has 3 N–H and O–H groups in total. The van der Waals surface area contributed by atoms with Gasteiger partial charge in [0.2, 0.25) is 0 Å². The Morgan fingerprint density at radius 2 is 1.77 bits per heavy atom. The lowest BCUT2D eigenvalue weighted by molar-refractivity contribution is 0.248. The smallest absolute Gasteiger partial charge is 0.119 e. The van der Waals surface area contributed by atoms with Crippen molar-refractivity contribution in [1.82, 2.24) is 14.9 Å². The van der Waals surface area contributed by atoms with Crippen LogP contribution in [0.15, 0.2) is 67.1 Å². The van der Waals surface area contributed by atoms with Crippen LogP contribution in [-0.4, -0.2) is 33.5 Å². The predicted molar refractivity (Wildman–Crippen MR) is 103 cm³/mol. The molecule has 2 heterocycles. The van der Waals surface area contributed by atoms with Crippen molar-refractivity contribution >= 4 is 6.08 Å². The Balaban J connectivity index is 0.00000196. The minimum Gasteiger partial charge on any atom is -0.492 e. The van der Waals surface area contributed by atoms with Crippen molar-refractivity contribution in [2.75, 3.05) is 13.2 Å². The number of nitrogens with zero attached hydrogens (tertiary/aromatic N) is 2. The van der Waals surface area contributed by atoms with Gasteiger partial charge >= 0.3 is 0 Å². The van der Waals surface area contributed by atoms with Crippen molar-refractivity contribution in [1.29, 1.82) is 0 Å². The van der Waals surface area contributed by atoms with E-state index >= 15 is 0 Å². The third kappa shape index (κ3) is 4.32. The number of hydrogen-bond acceptors (Lipinski definition) is 3. The molecular formula is C21H23N3O2. The summed E-state index contributed by atoms with van der Waals surface area (Å²) in [7, 11) is 0. The van der Waals surface area contributed by atoms with Gasteiger partial charge in [-0.05, 0) is 35.8 Å². The summed E-state index contributed by atoms with van der Waals surface area (Å²) in [6.45, 7) is 2.36. The van der Waals surface area contributed by atoms with E-state index in [4.69, 9.17) is 4.74 Å². The molecule has 26 heavy (non-hydrogen) atoms. The average Bonchev–Trinajstić information content (AvgIpc) is 3.12. The van der Waals surface area contributed by atoms with E-state index in [0.29, 0.717) is 6.61 Å². The molecule has 2 aromatic carbocycles. The SMILES string of the molecule is C1=CN(CCOc2ccc(Cc3ccccc3)cc2)Cc2[nH]cnc21.O. The highest BCUT2D eigenvalue weighted by Gasteiger charge is 2.12. The lowest BCUT2D eigenvalue weighted by Crippen LogP contribution is -2.25. The van der Waals surface area contributed by atoms with Gasteiger partial charge in [0.1, 0.15) is 12.4 Å². The molecule has 1 aromatic heterocycles. The van der Waals surface area contributed by atoms with Gasteiger partial charge in [0.15, 0.2) is 0 Å². The van der Waals surface area contributed by atoms with Gasteiger partial charge in [-0.2, -0.15) is 0 Å². The van der Waals surface area contributed by atoms with Crippen LogP contribution in [-0.2, 0) is 13.0 Å². The summed E-state index contributed by atoms with van der Waals surface area (Å²) in [6.07, 6.45) is 6.81. The number of hydrogen-bond donors (Lipinski definition) is 1. The maximum atomic E-state index is 5.88. The van der Waals surface area contributed by atoms with Crippen molar-refractivity contribution in [3.05, 3.63) is 89.6 Å². The highest BCUT2D eigenvalue weighted by molar-refractivity contribution is 5.49.